The molecule has 4 nitrogen and oxygen atoms in total. The van der Waals surface area contributed by atoms with Crippen molar-refractivity contribution in [3.05, 3.63) is 12.7 Å². The van der Waals surface area contributed by atoms with Crippen LogP contribution < -0.4 is 5.73 Å². The van der Waals surface area contributed by atoms with Gasteiger partial charge in [0.2, 0.25) is 0 Å². The molecule has 2 fully saturated rings. The van der Waals surface area contributed by atoms with Crippen molar-refractivity contribution >= 4 is 12.4 Å². The second-order valence-electron chi connectivity index (χ2n) is 5.76. The van der Waals surface area contributed by atoms with Crippen LogP contribution in [0.5, 0.6) is 0 Å². The van der Waals surface area contributed by atoms with Gasteiger partial charge in [0.1, 0.15) is 18.4 Å². The molecule has 1 aliphatic carbocycles. The molecule has 0 spiro atoms. The third-order valence-electron chi connectivity index (χ3n) is 4.70. The number of nitrogens with zero attached hydrogens (tertiary/aromatic N) is 2. The number of nitrogens with two attached hydrogens (primary N) is 1. The van der Waals surface area contributed by atoms with E-state index in [4.69, 9.17) is 11.0 Å². The van der Waals surface area contributed by atoms with Gasteiger partial charge < -0.3 is 10.8 Å². The summed E-state index contributed by atoms with van der Waals surface area (Å²) in [7, 11) is 0. The average molecular weight is 304 g/mol. The standard InChI is InChI=1S/C14H22FN3O.ClH/c1-2-14(5-3-4-6-14)12(17)13(19)18-9-10(15)7-11(18)8-16;/h2,10-13,19H,1,3-7,9,17H2;1H/t10-,11-,12+,13?;/m0./s1. The average Bonchev–Trinajstić information content (AvgIpc) is 3.03. The zero-order valence-electron chi connectivity index (χ0n) is 11.5. The summed E-state index contributed by atoms with van der Waals surface area (Å²) < 4.78 is 13.4. The first-order chi connectivity index (χ1) is 9.04. The molecule has 1 aliphatic heterocycles. The number of hydrogen-bond donors (Lipinski definition) is 2. The summed E-state index contributed by atoms with van der Waals surface area (Å²) in [6.07, 6.45) is 3.88. The zero-order valence-corrected chi connectivity index (χ0v) is 12.4. The van der Waals surface area contributed by atoms with Crippen molar-refractivity contribution in [2.24, 2.45) is 11.1 Å². The van der Waals surface area contributed by atoms with Gasteiger partial charge in [-0.15, -0.1) is 19.0 Å². The lowest BCUT2D eigenvalue weighted by molar-refractivity contribution is -0.0403. The van der Waals surface area contributed by atoms with E-state index in [2.05, 4.69) is 6.58 Å². The van der Waals surface area contributed by atoms with E-state index in [1.165, 1.54) is 4.90 Å². The first-order valence-electron chi connectivity index (χ1n) is 6.91. The molecule has 4 atom stereocenters. The molecule has 0 amide bonds. The van der Waals surface area contributed by atoms with E-state index in [-0.39, 0.29) is 30.8 Å². The Kier molecular flexibility index (Phi) is 5.96. The maximum atomic E-state index is 13.4. The number of aliphatic hydroxyl groups is 1. The van der Waals surface area contributed by atoms with E-state index in [1.54, 1.807) is 0 Å². The first-order valence-corrected chi connectivity index (χ1v) is 6.91. The van der Waals surface area contributed by atoms with Crippen LogP contribution in [0.1, 0.15) is 32.1 Å². The fraction of sp³-hybridized carbons (Fsp3) is 0.786. The Bertz CT molecular complexity index is 381. The monoisotopic (exact) mass is 303 g/mol. The molecule has 0 radical (unpaired) electrons. The van der Waals surface area contributed by atoms with E-state index in [0.717, 1.165) is 25.7 Å². The fourth-order valence-electron chi connectivity index (χ4n) is 3.44. The van der Waals surface area contributed by atoms with Crippen LogP contribution in [0.25, 0.3) is 0 Å². The van der Waals surface area contributed by atoms with E-state index in [9.17, 15) is 9.50 Å². The number of hydrogen-bond acceptors (Lipinski definition) is 4. The number of aliphatic hydroxyl groups excluding tert-OH is 1. The highest BCUT2D eigenvalue weighted by Gasteiger charge is 2.45. The fourth-order valence-corrected chi connectivity index (χ4v) is 3.44. The van der Waals surface area contributed by atoms with E-state index in [0.29, 0.717) is 0 Å². The highest BCUT2D eigenvalue weighted by molar-refractivity contribution is 5.85. The van der Waals surface area contributed by atoms with Gasteiger partial charge in [0.25, 0.3) is 0 Å². The zero-order chi connectivity index (χ0) is 14.0. The Labute approximate surface area is 125 Å². The lowest BCUT2D eigenvalue weighted by atomic mass is 9.78. The largest absolute Gasteiger partial charge is 0.377 e. The molecule has 1 unspecified atom stereocenters. The SMILES string of the molecule is C=CC1([C@H](N)C(O)N2C[C@@H](F)C[C@H]2C#N)CCCC1.Cl. The van der Waals surface area contributed by atoms with Crippen molar-refractivity contribution in [1.29, 1.82) is 5.26 Å². The van der Waals surface area contributed by atoms with Crippen molar-refractivity contribution in [3.8, 4) is 6.07 Å². The van der Waals surface area contributed by atoms with Crippen LogP contribution in [0.15, 0.2) is 12.7 Å². The summed E-state index contributed by atoms with van der Waals surface area (Å²) >= 11 is 0. The van der Waals surface area contributed by atoms with Crippen molar-refractivity contribution in [2.45, 2.75) is 56.6 Å². The number of rotatable bonds is 4. The second-order valence-corrected chi connectivity index (χ2v) is 5.76. The molecule has 1 saturated carbocycles. The summed E-state index contributed by atoms with van der Waals surface area (Å²) in [5, 5.41) is 19.5. The Hall–Kier alpha value is -0.670. The molecule has 6 heteroatoms. The van der Waals surface area contributed by atoms with Gasteiger partial charge >= 0.3 is 0 Å². The van der Waals surface area contributed by atoms with E-state index < -0.39 is 24.5 Å². The molecule has 0 aromatic heterocycles. The topological polar surface area (TPSA) is 73.3 Å². The Balaban J connectivity index is 0.00000200. The second kappa shape index (κ2) is 6.86. The molecule has 0 aromatic carbocycles. The van der Waals surface area contributed by atoms with E-state index >= 15 is 0 Å². The minimum atomic E-state index is -1.06. The number of nitriles is 1. The lowest BCUT2D eigenvalue weighted by Gasteiger charge is -2.39. The van der Waals surface area contributed by atoms with Gasteiger partial charge in [-0.1, -0.05) is 18.9 Å². The van der Waals surface area contributed by atoms with Gasteiger partial charge in [0.15, 0.2) is 0 Å². The third kappa shape index (κ3) is 2.99. The molecule has 114 valence electrons. The van der Waals surface area contributed by atoms with Gasteiger partial charge in [-0.25, -0.2) is 4.39 Å². The van der Waals surface area contributed by atoms with Crippen LogP contribution in [0, 0.1) is 16.7 Å². The highest BCUT2D eigenvalue weighted by Crippen LogP contribution is 2.43. The summed E-state index contributed by atoms with van der Waals surface area (Å²) in [5.41, 5.74) is 5.93. The maximum Gasteiger partial charge on any atom is 0.124 e. The van der Waals surface area contributed by atoms with Crippen LogP contribution in [-0.4, -0.2) is 41.0 Å². The number of alkyl halides is 1. The molecule has 0 aromatic rings. The van der Waals surface area contributed by atoms with Crippen molar-refractivity contribution < 1.29 is 9.50 Å². The molecule has 3 N–H and O–H groups in total. The Morgan fingerprint density at radius 3 is 2.60 bits per heavy atom. The molecule has 20 heavy (non-hydrogen) atoms. The van der Waals surface area contributed by atoms with Crippen molar-refractivity contribution in [1.82, 2.24) is 4.90 Å². The smallest absolute Gasteiger partial charge is 0.124 e. The van der Waals surface area contributed by atoms with Gasteiger partial charge in [0.05, 0.1) is 12.1 Å². The van der Waals surface area contributed by atoms with Gasteiger partial charge in [-0.3, -0.25) is 4.90 Å². The van der Waals surface area contributed by atoms with Crippen LogP contribution in [-0.2, 0) is 0 Å². The Morgan fingerprint density at radius 1 is 1.50 bits per heavy atom. The van der Waals surface area contributed by atoms with Gasteiger partial charge in [-0.2, -0.15) is 5.26 Å². The third-order valence-corrected chi connectivity index (χ3v) is 4.70. The van der Waals surface area contributed by atoms with Gasteiger partial charge in [0, 0.05) is 18.4 Å². The van der Waals surface area contributed by atoms with Crippen LogP contribution in [0.4, 0.5) is 4.39 Å². The summed E-state index contributed by atoms with van der Waals surface area (Å²) in [6, 6.07) is 0.942. The van der Waals surface area contributed by atoms with Crippen molar-refractivity contribution in [3.63, 3.8) is 0 Å². The summed E-state index contributed by atoms with van der Waals surface area (Å²) in [5.74, 6) is 0. The molecular weight excluding hydrogens is 281 g/mol. The maximum absolute atomic E-state index is 13.4. The predicted octanol–water partition coefficient (Wildman–Crippen LogP) is 1.74. The highest BCUT2D eigenvalue weighted by atomic mass is 35.5. The van der Waals surface area contributed by atoms with Crippen LogP contribution in [0.3, 0.4) is 0 Å². The molecule has 1 heterocycles. The number of likely N-dealkylation sites (tertiary alicyclic amines) is 1. The predicted molar refractivity (Wildman–Crippen MR) is 77.9 cm³/mol. The van der Waals surface area contributed by atoms with Crippen molar-refractivity contribution in [2.75, 3.05) is 6.54 Å². The lowest BCUT2D eigenvalue weighted by Crippen LogP contribution is -2.56. The molecule has 2 aliphatic rings. The molecule has 0 bridgehead atoms. The first kappa shape index (κ1) is 17.4. The quantitative estimate of drug-likeness (QED) is 0.776. The summed E-state index contributed by atoms with van der Waals surface area (Å²) in [4.78, 5) is 1.50. The van der Waals surface area contributed by atoms with Gasteiger partial charge in [-0.05, 0) is 12.8 Å². The summed E-state index contributed by atoms with van der Waals surface area (Å²) in [6.45, 7) is 3.93. The van der Waals surface area contributed by atoms with Crippen LogP contribution in [0.2, 0.25) is 0 Å². The minimum Gasteiger partial charge on any atom is -0.377 e. The number of halogens is 2. The normalized spacial score (nSPS) is 32.1. The van der Waals surface area contributed by atoms with E-state index in [1.807, 2.05) is 12.1 Å². The molecule has 1 saturated heterocycles. The minimum absolute atomic E-state index is 0. The Morgan fingerprint density at radius 2 is 2.10 bits per heavy atom. The molecular formula is C14H23ClFN3O. The van der Waals surface area contributed by atoms with Crippen LogP contribution >= 0.6 is 12.4 Å². The molecule has 2 rings (SSSR count).